The number of nitrogens with zero attached hydrogens (tertiary/aromatic N) is 1. The molecule has 2 aliphatic rings. The van der Waals surface area contributed by atoms with Crippen LogP contribution in [0.1, 0.15) is 49.7 Å². The number of piperidine rings is 1. The average molecular weight is 481 g/mol. The summed E-state index contributed by atoms with van der Waals surface area (Å²) in [6.07, 6.45) is 1.31. The molecular formula is C27H32N2O6. The molecule has 2 atom stereocenters. The summed E-state index contributed by atoms with van der Waals surface area (Å²) in [6, 6.07) is 15.2. The highest BCUT2D eigenvalue weighted by atomic mass is 16.5. The van der Waals surface area contributed by atoms with E-state index in [1.165, 1.54) is 12.0 Å². The molecule has 0 saturated carbocycles. The molecule has 8 nitrogen and oxygen atoms in total. The van der Waals surface area contributed by atoms with E-state index in [1.54, 1.807) is 6.92 Å². The molecule has 2 aromatic rings. The minimum Gasteiger partial charge on any atom is -0.479 e. The van der Waals surface area contributed by atoms with E-state index in [2.05, 4.69) is 17.4 Å². The van der Waals surface area contributed by atoms with Gasteiger partial charge in [0.1, 0.15) is 12.6 Å². The van der Waals surface area contributed by atoms with Crippen LogP contribution in [0.25, 0.3) is 11.1 Å². The maximum absolute atomic E-state index is 13.4. The van der Waals surface area contributed by atoms with E-state index in [0.717, 1.165) is 22.3 Å². The van der Waals surface area contributed by atoms with E-state index < -0.39 is 29.6 Å². The Morgan fingerprint density at radius 1 is 1.09 bits per heavy atom. The van der Waals surface area contributed by atoms with Crippen molar-refractivity contribution in [2.45, 2.75) is 50.1 Å². The zero-order chi connectivity index (χ0) is 25.0. The molecule has 2 N–H and O–H groups in total. The lowest BCUT2D eigenvalue weighted by Gasteiger charge is -2.44. The Hall–Kier alpha value is -3.39. The van der Waals surface area contributed by atoms with Crippen LogP contribution in [0.5, 0.6) is 0 Å². The summed E-state index contributed by atoms with van der Waals surface area (Å²) in [5.41, 5.74) is 3.03. The third-order valence-corrected chi connectivity index (χ3v) is 7.13. The van der Waals surface area contributed by atoms with Gasteiger partial charge in [0.25, 0.3) is 0 Å². The second kappa shape index (κ2) is 10.5. The number of benzene rings is 2. The van der Waals surface area contributed by atoms with Crippen molar-refractivity contribution in [3.8, 4) is 11.1 Å². The number of carbonyl (C=O) groups is 3. The van der Waals surface area contributed by atoms with Gasteiger partial charge in [-0.15, -0.1) is 0 Å². The summed E-state index contributed by atoms with van der Waals surface area (Å²) < 4.78 is 10.8. The lowest BCUT2D eigenvalue weighted by atomic mass is 9.86. The fourth-order valence-corrected chi connectivity index (χ4v) is 5.34. The standard InChI is InChI=1S/C27H32N2O6/c1-3-23(24(30)29-15-9-8-14-27(29,17-34-2)25(31)32)28-26(33)35-16-22-20-12-6-4-10-18(20)19-11-5-7-13-21(19)22/h4-7,10-13,22-23H,3,8-9,14-17H2,1-2H3,(H,28,33)(H,31,32)/t23-,27?/m1/s1. The van der Waals surface area contributed by atoms with Crippen LogP contribution >= 0.6 is 0 Å². The maximum Gasteiger partial charge on any atom is 0.407 e. The molecule has 2 aromatic carbocycles. The zero-order valence-corrected chi connectivity index (χ0v) is 20.2. The zero-order valence-electron chi connectivity index (χ0n) is 20.2. The number of alkyl carbamates (subject to hydrolysis) is 1. The highest BCUT2D eigenvalue weighted by Crippen LogP contribution is 2.44. The van der Waals surface area contributed by atoms with Crippen molar-refractivity contribution < 1.29 is 29.0 Å². The summed E-state index contributed by atoms with van der Waals surface area (Å²) in [4.78, 5) is 39.7. The monoisotopic (exact) mass is 480 g/mol. The average Bonchev–Trinajstić information content (AvgIpc) is 3.19. The van der Waals surface area contributed by atoms with Crippen LogP contribution < -0.4 is 5.32 Å². The van der Waals surface area contributed by atoms with Gasteiger partial charge in [-0.1, -0.05) is 55.5 Å². The third kappa shape index (κ3) is 4.62. The molecule has 0 bridgehead atoms. The Balaban J connectivity index is 1.45. The van der Waals surface area contributed by atoms with E-state index in [4.69, 9.17) is 9.47 Å². The summed E-state index contributed by atoms with van der Waals surface area (Å²) in [5, 5.41) is 12.6. The van der Waals surface area contributed by atoms with Crippen LogP contribution in [0.15, 0.2) is 48.5 Å². The lowest BCUT2D eigenvalue weighted by molar-refractivity contribution is -0.168. The summed E-state index contributed by atoms with van der Waals surface area (Å²) in [7, 11) is 1.42. The predicted octanol–water partition coefficient (Wildman–Crippen LogP) is 3.79. The topological polar surface area (TPSA) is 105 Å². The molecule has 35 heavy (non-hydrogen) atoms. The first-order valence-corrected chi connectivity index (χ1v) is 12.1. The molecule has 2 amide bonds. The lowest BCUT2D eigenvalue weighted by Crippen LogP contribution is -2.65. The second-order valence-electron chi connectivity index (χ2n) is 9.15. The number of ether oxygens (including phenoxy) is 2. The van der Waals surface area contributed by atoms with Crippen LogP contribution in [0, 0.1) is 0 Å². The fraction of sp³-hybridized carbons (Fsp3) is 0.444. The molecule has 1 aliphatic heterocycles. The minimum absolute atomic E-state index is 0.0904. The minimum atomic E-state index is -1.43. The molecule has 1 heterocycles. The van der Waals surface area contributed by atoms with Gasteiger partial charge in [-0.25, -0.2) is 9.59 Å². The molecule has 186 valence electrons. The van der Waals surface area contributed by atoms with Crippen LogP contribution in [-0.4, -0.2) is 66.4 Å². The Kier molecular flexibility index (Phi) is 7.40. The molecular weight excluding hydrogens is 448 g/mol. The van der Waals surface area contributed by atoms with Gasteiger partial charge in [0.2, 0.25) is 5.91 Å². The number of carboxylic acid groups (broad SMARTS) is 1. The molecule has 1 aliphatic carbocycles. The van der Waals surface area contributed by atoms with E-state index in [1.807, 2.05) is 36.4 Å². The van der Waals surface area contributed by atoms with E-state index in [-0.39, 0.29) is 19.1 Å². The summed E-state index contributed by atoms with van der Waals surface area (Å²) in [6.45, 7) is 2.11. The van der Waals surface area contributed by atoms with Gasteiger partial charge in [0, 0.05) is 19.6 Å². The van der Waals surface area contributed by atoms with Crippen molar-refractivity contribution in [3.63, 3.8) is 0 Å². The van der Waals surface area contributed by atoms with Crippen LogP contribution in [0.3, 0.4) is 0 Å². The number of carboxylic acids is 1. The maximum atomic E-state index is 13.4. The van der Waals surface area contributed by atoms with Gasteiger partial charge >= 0.3 is 12.1 Å². The smallest absolute Gasteiger partial charge is 0.407 e. The van der Waals surface area contributed by atoms with Gasteiger partial charge < -0.3 is 24.8 Å². The molecule has 1 fully saturated rings. The number of methoxy groups -OCH3 is 1. The quantitative estimate of drug-likeness (QED) is 0.596. The van der Waals surface area contributed by atoms with Gasteiger partial charge in [0.05, 0.1) is 6.61 Å². The molecule has 1 unspecified atom stereocenters. The van der Waals surface area contributed by atoms with Crippen LogP contribution in [-0.2, 0) is 19.1 Å². The number of likely N-dealkylation sites (tertiary alicyclic amines) is 1. The predicted molar refractivity (Wildman–Crippen MR) is 130 cm³/mol. The number of rotatable bonds is 8. The molecule has 4 rings (SSSR count). The Morgan fingerprint density at radius 2 is 1.71 bits per heavy atom. The summed E-state index contributed by atoms with van der Waals surface area (Å²) >= 11 is 0. The normalized spacial score (nSPS) is 20.0. The fourth-order valence-electron chi connectivity index (χ4n) is 5.34. The van der Waals surface area contributed by atoms with Crippen molar-refractivity contribution in [1.29, 1.82) is 0 Å². The third-order valence-electron chi connectivity index (χ3n) is 7.13. The van der Waals surface area contributed by atoms with Crippen molar-refractivity contribution >= 4 is 18.0 Å². The van der Waals surface area contributed by atoms with Crippen molar-refractivity contribution in [3.05, 3.63) is 59.7 Å². The Bertz CT molecular complexity index is 1050. The van der Waals surface area contributed by atoms with E-state index >= 15 is 0 Å². The first kappa shape index (κ1) is 24.7. The van der Waals surface area contributed by atoms with Gasteiger partial charge in [-0.3, -0.25) is 4.79 Å². The SMILES string of the molecule is CC[C@@H](NC(=O)OCC1c2ccccc2-c2ccccc21)C(=O)N1CCCCC1(COC)C(=O)O. The number of hydrogen-bond donors (Lipinski definition) is 2. The molecule has 0 spiro atoms. The van der Waals surface area contributed by atoms with Crippen molar-refractivity contribution in [2.24, 2.45) is 0 Å². The highest BCUT2D eigenvalue weighted by Gasteiger charge is 2.49. The summed E-state index contributed by atoms with van der Waals surface area (Å²) in [5.74, 6) is -1.61. The van der Waals surface area contributed by atoms with Gasteiger partial charge in [-0.2, -0.15) is 0 Å². The Morgan fingerprint density at radius 3 is 2.29 bits per heavy atom. The number of amides is 2. The molecule has 0 radical (unpaired) electrons. The number of aliphatic carboxylic acids is 1. The molecule has 8 heteroatoms. The second-order valence-corrected chi connectivity index (χ2v) is 9.15. The number of hydrogen-bond acceptors (Lipinski definition) is 5. The number of carbonyl (C=O) groups excluding carboxylic acids is 2. The largest absolute Gasteiger partial charge is 0.479 e. The van der Waals surface area contributed by atoms with E-state index in [9.17, 15) is 19.5 Å². The van der Waals surface area contributed by atoms with Crippen molar-refractivity contribution in [1.82, 2.24) is 10.2 Å². The van der Waals surface area contributed by atoms with Crippen LogP contribution in [0.4, 0.5) is 4.79 Å². The van der Waals surface area contributed by atoms with Crippen LogP contribution in [0.2, 0.25) is 0 Å². The van der Waals surface area contributed by atoms with Crippen molar-refractivity contribution in [2.75, 3.05) is 26.9 Å². The Labute approximate surface area is 205 Å². The first-order valence-electron chi connectivity index (χ1n) is 12.1. The number of nitrogens with one attached hydrogen (secondary N) is 1. The van der Waals surface area contributed by atoms with Gasteiger partial charge in [-0.05, 0) is 47.9 Å². The molecule has 0 aromatic heterocycles. The van der Waals surface area contributed by atoms with E-state index in [0.29, 0.717) is 32.2 Å². The highest BCUT2D eigenvalue weighted by molar-refractivity contribution is 5.91. The molecule has 1 saturated heterocycles. The number of fused-ring (bicyclic) bond motifs is 3. The van der Waals surface area contributed by atoms with Gasteiger partial charge in [0.15, 0.2) is 5.54 Å². The first-order chi connectivity index (χ1) is 16.9.